The van der Waals surface area contributed by atoms with Crippen molar-refractivity contribution in [2.75, 3.05) is 18.2 Å². The summed E-state index contributed by atoms with van der Waals surface area (Å²) >= 11 is 0. The van der Waals surface area contributed by atoms with Crippen molar-refractivity contribution in [2.24, 2.45) is 5.92 Å². The predicted molar refractivity (Wildman–Crippen MR) is 126 cm³/mol. The van der Waals surface area contributed by atoms with E-state index >= 15 is 0 Å². The maximum Gasteiger partial charge on any atom is 0.257 e. The molecule has 2 aliphatic rings. The van der Waals surface area contributed by atoms with Crippen molar-refractivity contribution in [1.82, 2.24) is 9.78 Å². The van der Waals surface area contributed by atoms with E-state index in [1.165, 1.54) is 24.3 Å². The van der Waals surface area contributed by atoms with E-state index in [2.05, 4.69) is 10.4 Å². The number of rotatable bonds is 7. The van der Waals surface area contributed by atoms with Crippen LogP contribution in [0.4, 0.5) is 14.6 Å². The zero-order chi connectivity index (χ0) is 25.4. The molecule has 4 rings (SSSR count). The molecule has 1 aromatic carbocycles. The van der Waals surface area contributed by atoms with Gasteiger partial charge in [-0.2, -0.15) is 5.10 Å². The molecule has 1 N–H and O–H groups in total. The van der Waals surface area contributed by atoms with Gasteiger partial charge < -0.3 is 14.8 Å². The third kappa shape index (κ3) is 6.33. The van der Waals surface area contributed by atoms with Gasteiger partial charge in [0, 0.05) is 24.1 Å². The van der Waals surface area contributed by atoms with Crippen molar-refractivity contribution in [3.8, 4) is 0 Å². The number of amides is 1. The number of ether oxygens (including phenoxy) is 2. The largest absolute Gasteiger partial charge is 0.348 e. The van der Waals surface area contributed by atoms with E-state index in [0.29, 0.717) is 24.5 Å². The summed E-state index contributed by atoms with van der Waals surface area (Å²) in [4.78, 5) is 13.3. The Labute approximate surface area is 203 Å². The average Bonchev–Trinajstić information content (AvgIpc) is 3.44. The van der Waals surface area contributed by atoms with E-state index in [1.807, 2.05) is 13.8 Å². The summed E-state index contributed by atoms with van der Waals surface area (Å²) in [6.45, 7) is 4.53. The minimum atomic E-state index is -3.42. The van der Waals surface area contributed by atoms with Crippen LogP contribution in [0.3, 0.4) is 0 Å². The molecule has 1 saturated heterocycles. The second-order valence-corrected chi connectivity index (χ2v) is 11.5. The maximum absolute atomic E-state index is 13.8. The van der Waals surface area contributed by atoms with Gasteiger partial charge in [0.15, 0.2) is 21.4 Å². The highest BCUT2D eigenvalue weighted by Crippen LogP contribution is 2.34. The Morgan fingerprint density at radius 3 is 2.43 bits per heavy atom. The third-order valence-electron chi connectivity index (χ3n) is 6.03. The van der Waals surface area contributed by atoms with E-state index < -0.39 is 39.8 Å². The second kappa shape index (κ2) is 9.79. The zero-order valence-corrected chi connectivity index (χ0v) is 20.6. The molecule has 1 saturated carbocycles. The highest BCUT2D eigenvalue weighted by Gasteiger charge is 2.34. The second-order valence-electron chi connectivity index (χ2n) is 9.47. The molecule has 1 amide bonds. The predicted octanol–water partition coefficient (Wildman–Crippen LogP) is 3.55. The van der Waals surface area contributed by atoms with Gasteiger partial charge >= 0.3 is 0 Å². The molecule has 0 radical (unpaired) electrons. The summed E-state index contributed by atoms with van der Waals surface area (Å²) in [6, 6.07) is 7.45. The minimum Gasteiger partial charge on any atom is -0.348 e. The molecule has 1 aliphatic carbocycles. The normalized spacial score (nSPS) is 26.7. The first kappa shape index (κ1) is 25.5. The summed E-state index contributed by atoms with van der Waals surface area (Å²) in [7, 11) is -3.42. The Bertz CT molecular complexity index is 1200. The highest BCUT2D eigenvalue weighted by atomic mass is 32.2. The van der Waals surface area contributed by atoms with Crippen LogP contribution in [0.25, 0.3) is 5.57 Å². The van der Waals surface area contributed by atoms with Gasteiger partial charge in [0.2, 0.25) is 0 Å². The number of alkyl halides is 2. The first-order valence-electron chi connectivity index (χ1n) is 11.4. The highest BCUT2D eigenvalue weighted by molar-refractivity contribution is 7.90. The fourth-order valence-electron chi connectivity index (χ4n) is 4.30. The number of hydrogen-bond acceptors (Lipinski definition) is 6. The molecule has 11 heteroatoms. The van der Waals surface area contributed by atoms with Crippen LogP contribution in [0.2, 0.25) is 0 Å². The van der Waals surface area contributed by atoms with E-state index in [1.54, 1.807) is 23.0 Å². The Kier molecular flexibility index (Phi) is 7.12. The molecule has 190 valence electrons. The van der Waals surface area contributed by atoms with Crippen molar-refractivity contribution in [3.63, 3.8) is 0 Å². The van der Waals surface area contributed by atoms with Gasteiger partial charge in [0.25, 0.3) is 5.91 Å². The number of aromatic nitrogens is 2. The fourth-order valence-corrected chi connectivity index (χ4v) is 4.93. The van der Waals surface area contributed by atoms with Gasteiger partial charge in [-0.3, -0.25) is 9.48 Å². The van der Waals surface area contributed by atoms with Crippen molar-refractivity contribution >= 4 is 27.1 Å². The topological polar surface area (TPSA) is 99.5 Å². The standard InChI is InChI=1S/C24H29F2N3O5S/c1-24(2)33-14-17(34-24)13-29-9-8-22(28-29)27-23(30)19(10-15-11-20(25)21(26)12-15)16-4-6-18(7-5-16)35(3,31)32/h4-10,15,17,20-21H,11-14H2,1-3H3,(H,27,28,30)/b19-10+/t15?,17-,20-,21+/m1/s1. The van der Waals surface area contributed by atoms with Crippen LogP contribution in [-0.4, -0.2) is 61.2 Å². The van der Waals surface area contributed by atoms with Gasteiger partial charge in [0.05, 0.1) is 18.0 Å². The summed E-state index contributed by atoms with van der Waals surface area (Å²) in [5.74, 6) is -1.33. The number of allylic oxidation sites excluding steroid dienone is 1. The minimum absolute atomic E-state index is 0.0200. The Balaban J connectivity index is 1.52. The Hall–Kier alpha value is -2.63. The molecule has 4 atom stereocenters. The first-order chi connectivity index (χ1) is 16.4. The van der Waals surface area contributed by atoms with Gasteiger partial charge in [-0.1, -0.05) is 18.2 Å². The van der Waals surface area contributed by atoms with Gasteiger partial charge in [-0.15, -0.1) is 0 Å². The molecular formula is C24H29F2N3O5S. The lowest BCUT2D eigenvalue weighted by atomic mass is 9.98. The van der Waals surface area contributed by atoms with Crippen molar-refractivity contribution in [1.29, 1.82) is 0 Å². The zero-order valence-electron chi connectivity index (χ0n) is 19.8. The number of benzene rings is 1. The molecule has 8 nitrogen and oxygen atoms in total. The number of halogens is 2. The SMILES string of the molecule is CC1(C)OC[C@@H](Cn2ccc(NC(=O)/C(=C/C3C[C@@H](F)[C@@H](F)C3)c3ccc(S(C)(=O)=O)cc3)n2)O1. The van der Waals surface area contributed by atoms with E-state index in [4.69, 9.17) is 9.47 Å². The first-order valence-corrected chi connectivity index (χ1v) is 13.3. The number of anilines is 1. The number of carbonyl (C=O) groups excluding carboxylic acids is 1. The molecule has 1 aliphatic heterocycles. The van der Waals surface area contributed by atoms with Gasteiger partial charge in [0.1, 0.15) is 18.4 Å². The van der Waals surface area contributed by atoms with Crippen LogP contribution in [0, 0.1) is 5.92 Å². The molecule has 2 heterocycles. The maximum atomic E-state index is 13.8. The molecular weight excluding hydrogens is 480 g/mol. The number of nitrogens with zero attached hydrogens (tertiary/aromatic N) is 2. The average molecular weight is 510 g/mol. The molecule has 35 heavy (non-hydrogen) atoms. The molecule has 0 bridgehead atoms. The molecule has 2 aromatic rings. The lowest BCUT2D eigenvalue weighted by Gasteiger charge is -2.16. The van der Waals surface area contributed by atoms with Crippen LogP contribution in [0.15, 0.2) is 47.5 Å². The van der Waals surface area contributed by atoms with Gasteiger partial charge in [-0.25, -0.2) is 17.2 Å². The van der Waals surface area contributed by atoms with Crippen LogP contribution in [0.1, 0.15) is 32.3 Å². The van der Waals surface area contributed by atoms with E-state index in [-0.39, 0.29) is 29.4 Å². The quantitative estimate of drug-likeness (QED) is 0.573. The summed E-state index contributed by atoms with van der Waals surface area (Å²) in [5.41, 5.74) is 0.631. The van der Waals surface area contributed by atoms with Crippen LogP contribution >= 0.6 is 0 Å². The lowest BCUT2D eigenvalue weighted by Crippen LogP contribution is -2.24. The molecule has 0 spiro atoms. The molecule has 1 aromatic heterocycles. The van der Waals surface area contributed by atoms with Crippen molar-refractivity contribution < 1.29 is 31.5 Å². The Morgan fingerprint density at radius 1 is 1.20 bits per heavy atom. The summed E-state index contributed by atoms with van der Waals surface area (Å²) in [5, 5.41) is 7.09. The van der Waals surface area contributed by atoms with Crippen LogP contribution in [0.5, 0.6) is 0 Å². The molecule has 1 unspecified atom stereocenters. The van der Waals surface area contributed by atoms with Gasteiger partial charge in [-0.05, 0) is 50.3 Å². The third-order valence-corrected chi connectivity index (χ3v) is 7.16. The number of carbonyl (C=O) groups is 1. The number of hydrogen-bond donors (Lipinski definition) is 1. The number of nitrogens with one attached hydrogen (secondary N) is 1. The lowest BCUT2D eigenvalue weighted by molar-refractivity contribution is -0.139. The van der Waals surface area contributed by atoms with Crippen LogP contribution in [-0.2, 0) is 30.7 Å². The van der Waals surface area contributed by atoms with E-state index in [9.17, 15) is 22.0 Å². The monoisotopic (exact) mass is 509 g/mol. The van der Waals surface area contributed by atoms with Crippen LogP contribution < -0.4 is 5.32 Å². The van der Waals surface area contributed by atoms with E-state index in [0.717, 1.165) is 6.26 Å². The Morgan fingerprint density at radius 2 is 1.86 bits per heavy atom. The summed E-state index contributed by atoms with van der Waals surface area (Å²) < 4.78 is 64.1. The van der Waals surface area contributed by atoms with Crippen molar-refractivity contribution in [3.05, 3.63) is 48.2 Å². The summed E-state index contributed by atoms with van der Waals surface area (Å²) in [6.07, 6.45) is 0.981. The fraction of sp³-hybridized carbons (Fsp3) is 0.500. The van der Waals surface area contributed by atoms with Crippen molar-refractivity contribution in [2.45, 2.75) is 62.4 Å². The molecule has 2 fully saturated rings. The number of sulfone groups is 1. The smallest absolute Gasteiger partial charge is 0.257 e.